The molecule has 3 nitrogen and oxygen atoms in total. The second-order valence-corrected chi connectivity index (χ2v) is 3.51. The first-order chi connectivity index (χ1) is 6.24. The molecule has 70 valence electrons. The van der Waals surface area contributed by atoms with Crippen LogP contribution in [0.25, 0.3) is 0 Å². The van der Waals surface area contributed by atoms with E-state index in [0.29, 0.717) is 13.0 Å². The predicted molar refractivity (Wildman–Crippen MR) is 53.1 cm³/mol. The number of nitriles is 1. The van der Waals surface area contributed by atoms with Gasteiger partial charge in [0.2, 0.25) is 0 Å². The maximum Gasteiger partial charge on any atom is 0.169 e. The molecule has 1 aromatic heterocycles. The van der Waals surface area contributed by atoms with Crippen molar-refractivity contribution in [2.24, 2.45) is 0 Å². The highest BCUT2D eigenvalue weighted by Crippen LogP contribution is 2.19. The molecule has 1 N–H and O–H groups in total. The van der Waals surface area contributed by atoms with Crippen molar-refractivity contribution in [1.82, 2.24) is 5.32 Å². The summed E-state index contributed by atoms with van der Waals surface area (Å²) in [4.78, 5) is 0. The van der Waals surface area contributed by atoms with Gasteiger partial charge in [0.25, 0.3) is 0 Å². The Morgan fingerprint density at radius 1 is 1.69 bits per heavy atom. The zero-order chi connectivity index (χ0) is 9.68. The molecule has 0 aliphatic rings. The lowest BCUT2D eigenvalue weighted by atomic mass is 10.2. The molecule has 0 aliphatic heterocycles. The van der Waals surface area contributed by atoms with Crippen molar-refractivity contribution >= 4 is 15.9 Å². The summed E-state index contributed by atoms with van der Waals surface area (Å²) in [7, 11) is 0. The Morgan fingerprint density at radius 3 is 3.00 bits per heavy atom. The van der Waals surface area contributed by atoms with Crippen LogP contribution in [0.2, 0.25) is 0 Å². The molecule has 0 saturated heterocycles. The quantitative estimate of drug-likeness (QED) is 0.827. The van der Waals surface area contributed by atoms with Gasteiger partial charge in [0.05, 0.1) is 12.1 Å². The number of halogens is 1. The highest BCUT2D eigenvalue weighted by Gasteiger charge is 2.07. The summed E-state index contributed by atoms with van der Waals surface area (Å²) in [6.45, 7) is 2.69. The van der Waals surface area contributed by atoms with E-state index in [1.807, 2.05) is 19.1 Å². The second-order valence-electron chi connectivity index (χ2n) is 2.73. The number of nitrogens with one attached hydrogen (secondary N) is 1. The van der Waals surface area contributed by atoms with Crippen molar-refractivity contribution in [3.05, 3.63) is 22.6 Å². The average Bonchev–Trinajstić information content (AvgIpc) is 2.52. The monoisotopic (exact) mass is 242 g/mol. The minimum atomic E-state index is 0.152. The molecule has 0 saturated carbocycles. The largest absolute Gasteiger partial charge is 0.453 e. The minimum Gasteiger partial charge on any atom is -0.453 e. The minimum absolute atomic E-state index is 0.152. The van der Waals surface area contributed by atoms with E-state index in [1.54, 1.807) is 0 Å². The van der Waals surface area contributed by atoms with Gasteiger partial charge in [-0.05, 0) is 35.0 Å². The molecule has 4 heteroatoms. The third kappa shape index (κ3) is 3.21. The van der Waals surface area contributed by atoms with E-state index in [9.17, 15) is 0 Å². The van der Waals surface area contributed by atoms with Gasteiger partial charge < -0.3 is 9.73 Å². The van der Waals surface area contributed by atoms with Crippen LogP contribution in [0.5, 0.6) is 0 Å². The molecule has 13 heavy (non-hydrogen) atoms. The van der Waals surface area contributed by atoms with Crippen LogP contribution >= 0.6 is 15.9 Å². The van der Waals surface area contributed by atoms with Gasteiger partial charge in [-0.25, -0.2) is 0 Å². The van der Waals surface area contributed by atoms with Gasteiger partial charge in [0.1, 0.15) is 5.76 Å². The number of nitrogens with zero attached hydrogens (tertiary/aromatic N) is 1. The van der Waals surface area contributed by atoms with Gasteiger partial charge in [0.15, 0.2) is 4.67 Å². The van der Waals surface area contributed by atoms with Crippen LogP contribution in [0.1, 0.15) is 25.1 Å². The summed E-state index contributed by atoms with van der Waals surface area (Å²) in [6.07, 6.45) is 0.520. The summed E-state index contributed by atoms with van der Waals surface area (Å²) in [6, 6.07) is 6.00. The fourth-order valence-electron chi connectivity index (χ4n) is 1.01. The first-order valence-electron chi connectivity index (χ1n) is 4.09. The van der Waals surface area contributed by atoms with Gasteiger partial charge >= 0.3 is 0 Å². The molecular weight excluding hydrogens is 232 g/mol. The van der Waals surface area contributed by atoms with Crippen LogP contribution in [0.15, 0.2) is 21.2 Å². The third-order valence-electron chi connectivity index (χ3n) is 1.71. The van der Waals surface area contributed by atoms with Crippen LogP contribution in [-0.2, 0) is 0 Å². The van der Waals surface area contributed by atoms with E-state index in [-0.39, 0.29) is 6.04 Å². The Labute approximate surface area is 85.9 Å². The Hall–Kier alpha value is -0.790. The van der Waals surface area contributed by atoms with E-state index in [4.69, 9.17) is 9.68 Å². The Bertz CT molecular complexity index is 303. The molecule has 0 fully saturated rings. The van der Waals surface area contributed by atoms with Crippen molar-refractivity contribution in [2.75, 3.05) is 6.54 Å². The molecule has 0 bridgehead atoms. The topological polar surface area (TPSA) is 49.0 Å². The first kappa shape index (κ1) is 10.3. The van der Waals surface area contributed by atoms with Crippen LogP contribution in [0, 0.1) is 11.3 Å². The van der Waals surface area contributed by atoms with Crippen molar-refractivity contribution < 1.29 is 4.42 Å². The van der Waals surface area contributed by atoms with Crippen molar-refractivity contribution in [3.8, 4) is 6.07 Å². The van der Waals surface area contributed by atoms with Gasteiger partial charge in [-0.2, -0.15) is 5.26 Å². The molecule has 1 unspecified atom stereocenters. The summed E-state index contributed by atoms with van der Waals surface area (Å²) < 4.78 is 6.08. The van der Waals surface area contributed by atoms with E-state index in [1.165, 1.54) is 0 Å². The van der Waals surface area contributed by atoms with Gasteiger partial charge in [-0.1, -0.05) is 0 Å². The SMILES string of the molecule is CC(NCCC#N)c1ccc(Br)o1. The summed E-state index contributed by atoms with van der Waals surface area (Å²) >= 11 is 3.24. The Morgan fingerprint density at radius 2 is 2.46 bits per heavy atom. The van der Waals surface area contributed by atoms with Gasteiger partial charge in [0, 0.05) is 13.0 Å². The second kappa shape index (κ2) is 5.05. The molecule has 1 heterocycles. The fraction of sp³-hybridized carbons (Fsp3) is 0.444. The average molecular weight is 243 g/mol. The molecule has 1 atom stereocenters. The van der Waals surface area contributed by atoms with E-state index >= 15 is 0 Å². The summed E-state index contributed by atoms with van der Waals surface area (Å²) in [5.74, 6) is 0.879. The number of furan rings is 1. The van der Waals surface area contributed by atoms with Crippen LogP contribution in [-0.4, -0.2) is 6.54 Å². The van der Waals surface area contributed by atoms with Crippen molar-refractivity contribution in [1.29, 1.82) is 5.26 Å². The highest BCUT2D eigenvalue weighted by atomic mass is 79.9. The fourth-order valence-corrected chi connectivity index (χ4v) is 1.33. The number of hydrogen-bond donors (Lipinski definition) is 1. The number of hydrogen-bond acceptors (Lipinski definition) is 3. The number of rotatable bonds is 4. The van der Waals surface area contributed by atoms with Crippen molar-refractivity contribution in [3.63, 3.8) is 0 Å². The van der Waals surface area contributed by atoms with Crippen LogP contribution in [0.4, 0.5) is 0 Å². The lowest BCUT2D eigenvalue weighted by Crippen LogP contribution is -2.18. The molecule has 1 rings (SSSR count). The first-order valence-corrected chi connectivity index (χ1v) is 4.89. The van der Waals surface area contributed by atoms with Gasteiger partial charge in [-0.3, -0.25) is 0 Å². The molecular formula is C9H11BrN2O. The lowest BCUT2D eigenvalue weighted by molar-refractivity contribution is 0.421. The Balaban J connectivity index is 2.40. The van der Waals surface area contributed by atoms with Crippen molar-refractivity contribution in [2.45, 2.75) is 19.4 Å². The smallest absolute Gasteiger partial charge is 0.169 e. The zero-order valence-corrected chi connectivity index (χ0v) is 8.97. The highest BCUT2D eigenvalue weighted by molar-refractivity contribution is 9.10. The van der Waals surface area contributed by atoms with E-state index in [2.05, 4.69) is 27.3 Å². The van der Waals surface area contributed by atoms with E-state index < -0.39 is 0 Å². The van der Waals surface area contributed by atoms with Crippen LogP contribution < -0.4 is 5.32 Å². The molecule has 0 amide bonds. The summed E-state index contributed by atoms with van der Waals surface area (Å²) in [5, 5.41) is 11.5. The predicted octanol–water partition coefficient (Wildman–Crippen LogP) is 2.61. The maximum atomic E-state index is 8.33. The lowest BCUT2D eigenvalue weighted by Gasteiger charge is -2.08. The third-order valence-corrected chi connectivity index (χ3v) is 2.13. The molecule has 0 radical (unpaired) electrons. The zero-order valence-electron chi connectivity index (χ0n) is 7.38. The normalized spacial score (nSPS) is 12.4. The van der Waals surface area contributed by atoms with Crippen LogP contribution in [0.3, 0.4) is 0 Å². The molecule has 0 aliphatic carbocycles. The molecule has 0 aromatic carbocycles. The maximum absolute atomic E-state index is 8.33. The molecule has 0 spiro atoms. The molecule has 1 aromatic rings. The summed E-state index contributed by atoms with van der Waals surface area (Å²) in [5.41, 5.74) is 0. The van der Waals surface area contributed by atoms with Gasteiger partial charge in [-0.15, -0.1) is 0 Å². The van der Waals surface area contributed by atoms with E-state index in [0.717, 1.165) is 10.4 Å². The standard InChI is InChI=1S/C9H11BrN2O/c1-7(12-6-2-5-11)8-3-4-9(10)13-8/h3-4,7,12H,2,6H2,1H3. The Kier molecular flexibility index (Phi) is 4.00.